The lowest BCUT2D eigenvalue weighted by molar-refractivity contribution is -0.174. The number of rotatable bonds is 28. The average molecular weight is 806 g/mol. The molecule has 0 fully saturated rings. The van der Waals surface area contributed by atoms with E-state index in [1.165, 1.54) is 43.7 Å². The fourth-order valence-corrected chi connectivity index (χ4v) is 6.00. The van der Waals surface area contributed by atoms with E-state index in [1.54, 1.807) is 37.3 Å². The van der Waals surface area contributed by atoms with Gasteiger partial charge in [0, 0.05) is 26.2 Å². The molecule has 2 aromatic carbocycles. The van der Waals surface area contributed by atoms with Gasteiger partial charge in [0.05, 0.1) is 19.4 Å². The van der Waals surface area contributed by atoms with Crippen LogP contribution >= 0.6 is 0 Å². The normalized spacial score (nSPS) is 12.9. The van der Waals surface area contributed by atoms with Gasteiger partial charge in [0.1, 0.15) is 36.5 Å². The van der Waals surface area contributed by atoms with Crippen LogP contribution in [0.3, 0.4) is 0 Å². The van der Waals surface area contributed by atoms with Crippen molar-refractivity contribution in [2.75, 3.05) is 13.7 Å². The van der Waals surface area contributed by atoms with Crippen molar-refractivity contribution < 1.29 is 57.9 Å². The lowest BCUT2D eigenvalue weighted by Crippen LogP contribution is -2.55. The van der Waals surface area contributed by atoms with Gasteiger partial charge < -0.3 is 34.5 Å². The molecular formula is C45H59NO12. The molecule has 0 aliphatic heterocycles. The smallest absolute Gasteiger partial charge is 0.337 e. The zero-order valence-electron chi connectivity index (χ0n) is 34.2. The number of nitrogens with one attached hydrogen (secondary N) is 1. The number of allylic oxidation sites excluding steroid dienone is 1. The molecule has 2 aromatic rings. The Morgan fingerprint density at radius 2 is 1.45 bits per heavy atom. The molecule has 0 aliphatic carbocycles. The number of carboxylic acid groups (broad SMARTS) is 1. The van der Waals surface area contributed by atoms with Gasteiger partial charge in [-0.15, -0.1) is 5.92 Å². The molecular weight excluding hydrogens is 746 g/mol. The number of carbonyl (C=O) groups excluding carboxylic acids is 5. The second kappa shape index (κ2) is 27.2. The average Bonchev–Trinajstić information content (AvgIpc) is 3.19. The van der Waals surface area contributed by atoms with E-state index >= 15 is 0 Å². The molecule has 13 nitrogen and oxygen atoms in total. The summed E-state index contributed by atoms with van der Waals surface area (Å²) in [5.74, 6) is -0.551. The number of amides is 1. The molecule has 3 atom stereocenters. The highest BCUT2D eigenvalue weighted by Gasteiger charge is 2.49. The summed E-state index contributed by atoms with van der Waals surface area (Å²) in [4.78, 5) is 76.0. The van der Waals surface area contributed by atoms with Crippen LogP contribution in [0.2, 0.25) is 0 Å². The van der Waals surface area contributed by atoms with Gasteiger partial charge in [-0.1, -0.05) is 87.8 Å². The summed E-state index contributed by atoms with van der Waals surface area (Å²) < 4.78 is 20.7. The maximum Gasteiger partial charge on any atom is 0.337 e. The molecule has 58 heavy (non-hydrogen) atoms. The Hall–Kier alpha value is -5.48. The van der Waals surface area contributed by atoms with Gasteiger partial charge >= 0.3 is 23.9 Å². The van der Waals surface area contributed by atoms with Crippen LogP contribution in [0.25, 0.3) is 0 Å². The number of hydrogen-bond donors (Lipinski definition) is 3. The van der Waals surface area contributed by atoms with Crippen LogP contribution in [-0.4, -0.2) is 71.1 Å². The van der Waals surface area contributed by atoms with Crippen LogP contribution < -0.4 is 14.8 Å². The van der Waals surface area contributed by atoms with Crippen molar-refractivity contribution in [3.63, 3.8) is 0 Å². The molecule has 0 unspecified atom stereocenters. The molecule has 0 aliphatic rings. The van der Waals surface area contributed by atoms with Gasteiger partial charge in [-0.2, -0.15) is 0 Å². The van der Waals surface area contributed by atoms with Crippen LogP contribution in [0.15, 0.2) is 60.7 Å². The maximum atomic E-state index is 13.9. The minimum Gasteiger partial charge on any atom is -0.481 e. The molecule has 316 valence electrons. The standard InChI is InChI=1S/C45H59NO12/c1-5-7-9-12-15-18-36(48)19-16-13-10-11-14-17-20-39(42(50)46-40(43(51)55-4)30-34-21-25-37(26-22-34)56-29-8-6-2)45(54,44(52)53)31-41(49)57-32-35-23-27-38(28-24-35)58-33(3)47/h17,20-28,39-40,54H,5,7,9-16,18-19,29-32H2,1-4H3,(H,46,50)(H,52,53)/b20-17+/t39-,40+,45+/m1/s1. The van der Waals surface area contributed by atoms with Crippen LogP contribution in [0, 0.1) is 17.8 Å². The molecule has 13 heteroatoms. The minimum atomic E-state index is -2.98. The number of hydrogen-bond acceptors (Lipinski definition) is 11. The molecule has 3 N–H and O–H groups in total. The van der Waals surface area contributed by atoms with E-state index < -0.39 is 53.8 Å². The first-order chi connectivity index (χ1) is 27.8. The van der Waals surface area contributed by atoms with E-state index in [0.717, 1.165) is 52.1 Å². The first kappa shape index (κ1) is 48.7. The van der Waals surface area contributed by atoms with E-state index in [9.17, 15) is 39.0 Å². The van der Waals surface area contributed by atoms with Gasteiger partial charge in [-0.3, -0.25) is 19.2 Å². The van der Waals surface area contributed by atoms with Gasteiger partial charge in [0.15, 0.2) is 5.60 Å². The summed E-state index contributed by atoms with van der Waals surface area (Å²) in [7, 11) is 1.14. The van der Waals surface area contributed by atoms with Gasteiger partial charge in [-0.05, 0) is 68.0 Å². The van der Waals surface area contributed by atoms with E-state index in [-0.39, 0.29) is 31.2 Å². The van der Waals surface area contributed by atoms with Crippen molar-refractivity contribution in [1.29, 1.82) is 0 Å². The molecule has 0 saturated carbocycles. The predicted octanol–water partition coefficient (Wildman–Crippen LogP) is 6.61. The number of esters is 3. The van der Waals surface area contributed by atoms with Crippen molar-refractivity contribution in [1.82, 2.24) is 5.32 Å². The molecule has 0 spiro atoms. The number of benzene rings is 2. The van der Waals surface area contributed by atoms with E-state index in [0.29, 0.717) is 42.6 Å². The first-order valence-corrected chi connectivity index (χ1v) is 19.9. The molecule has 0 radical (unpaired) electrons. The lowest BCUT2D eigenvalue weighted by Gasteiger charge is -2.30. The number of ether oxygens (including phenoxy) is 4. The van der Waals surface area contributed by atoms with Gasteiger partial charge in [0.2, 0.25) is 5.91 Å². The number of carboxylic acids is 1. The fourth-order valence-electron chi connectivity index (χ4n) is 6.00. The largest absolute Gasteiger partial charge is 0.481 e. The zero-order valence-corrected chi connectivity index (χ0v) is 34.2. The summed E-state index contributed by atoms with van der Waals surface area (Å²) in [5, 5.41) is 24.5. The summed E-state index contributed by atoms with van der Waals surface area (Å²) in [6.45, 7) is 4.99. The maximum absolute atomic E-state index is 13.9. The minimum absolute atomic E-state index is 0.0466. The Balaban J connectivity index is 2.19. The third-order valence-electron chi connectivity index (χ3n) is 9.28. The van der Waals surface area contributed by atoms with Crippen molar-refractivity contribution >= 4 is 35.6 Å². The summed E-state index contributed by atoms with van der Waals surface area (Å²) in [6.07, 6.45) is 11.7. The number of methoxy groups -OCH3 is 1. The summed E-state index contributed by atoms with van der Waals surface area (Å²) in [6, 6.07) is 11.5. The van der Waals surface area contributed by atoms with Crippen LogP contribution in [-0.2, 0) is 51.3 Å². The van der Waals surface area contributed by atoms with Gasteiger partial charge in [0.25, 0.3) is 0 Å². The Morgan fingerprint density at radius 3 is 2.03 bits per heavy atom. The fraction of sp³-hybridized carbons (Fsp3) is 0.511. The molecule has 0 bridgehead atoms. The Kier molecular flexibility index (Phi) is 22.8. The third-order valence-corrected chi connectivity index (χ3v) is 9.28. The molecule has 2 rings (SSSR count). The van der Waals surface area contributed by atoms with Crippen molar-refractivity contribution in [2.45, 2.75) is 129 Å². The SMILES string of the molecule is CC#CCOc1ccc(C[C@H](NC(=O)[C@@H](/C=C/CCCCCCC(=O)CCCCCCC)[C@@](O)(CC(=O)OCc2ccc(OC(C)=O)cc2)C(=O)O)C(=O)OC)cc1. The van der Waals surface area contributed by atoms with E-state index in [2.05, 4.69) is 24.1 Å². The topological polar surface area (TPSA) is 192 Å². The zero-order chi connectivity index (χ0) is 42.8. The second-order valence-electron chi connectivity index (χ2n) is 14.0. The van der Waals surface area contributed by atoms with Crippen molar-refractivity contribution in [2.24, 2.45) is 5.92 Å². The Bertz CT molecular complexity index is 1710. The second-order valence-corrected chi connectivity index (χ2v) is 14.0. The molecule has 0 aromatic heterocycles. The van der Waals surface area contributed by atoms with Crippen molar-refractivity contribution in [3.05, 3.63) is 71.8 Å². The summed E-state index contributed by atoms with van der Waals surface area (Å²) >= 11 is 0. The molecule has 0 heterocycles. The molecule has 1 amide bonds. The van der Waals surface area contributed by atoms with Crippen LogP contribution in [0.4, 0.5) is 0 Å². The molecule has 0 saturated heterocycles. The first-order valence-electron chi connectivity index (χ1n) is 19.9. The highest BCUT2D eigenvalue weighted by molar-refractivity contribution is 5.95. The third kappa shape index (κ3) is 18.6. The monoisotopic (exact) mass is 805 g/mol. The lowest BCUT2D eigenvalue weighted by atomic mass is 9.82. The number of ketones is 1. The Morgan fingerprint density at radius 1 is 0.845 bits per heavy atom. The number of Topliss-reactive ketones (excluding diaryl/α,β-unsaturated/α-hetero) is 1. The highest BCUT2D eigenvalue weighted by Crippen LogP contribution is 2.27. The summed E-state index contributed by atoms with van der Waals surface area (Å²) in [5.41, 5.74) is -1.88. The Labute approximate surface area is 341 Å². The quantitative estimate of drug-likeness (QED) is 0.0275. The number of aliphatic hydroxyl groups is 1. The van der Waals surface area contributed by atoms with Crippen LogP contribution in [0.1, 0.15) is 115 Å². The number of unbranched alkanes of at least 4 members (excludes halogenated alkanes) is 8. The number of aliphatic carboxylic acids is 1. The van der Waals surface area contributed by atoms with Crippen molar-refractivity contribution in [3.8, 4) is 23.3 Å². The van der Waals surface area contributed by atoms with E-state index in [1.807, 2.05) is 0 Å². The van der Waals surface area contributed by atoms with E-state index in [4.69, 9.17) is 18.9 Å². The van der Waals surface area contributed by atoms with Crippen LogP contribution in [0.5, 0.6) is 11.5 Å². The van der Waals surface area contributed by atoms with Gasteiger partial charge in [-0.25, -0.2) is 9.59 Å². The predicted molar refractivity (Wildman–Crippen MR) is 217 cm³/mol. The highest BCUT2D eigenvalue weighted by atomic mass is 16.5. The number of carbonyl (C=O) groups is 6.